The fraction of sp³-hybridized carbons (Fsp3) is 1.00. The van der Waals surface area contributed by atoms with E-state index < -0.39 is 0 Å². The van der Waals surface area contributed by atoms with Gasteiger partial charge >= 0.3 is 0 Å². The van der Waals surface area contributed by atoms with Gasteiger partial charge in [0.1, 0.15) is 0 Å². The number of rotatable bonds is 7. The molecule has 1 N–H and O–H groups in total. The van der Waals surface area contributed by atoms with Gasteiger partial charge in [0.25, 0.3) is 0 Å². The Labute approximate surface area is 106 Å². The fourth-order valence-corrected chi connectivity index (χ4v) is 2.17. The van der Waals surface area contributed by atoms with Crippen LogP contribution in [0.4, 0.5) is 0 Å². The highest BCUT2D eigenvalue weighted by molar-refractivity contribution is 4.91. The summed E-state index contributed by atoms with van der Waals surface area (Å²) >= 11 is 0. The van der Waals surface area contributed by atoms with Crippen molar-refractivity contribution in [3.05, 3.63) is 0 Å². The van der Waals surface area contributed by atoms with Crippen LogP contribution in [0, 0.1) is 0 Å². The van der Waals surface area contributed by atoms with E-state index in [1.165, 1.54) is 0 Å². The SMILES string of the molecule is COCCOCCCN1CC(C)NCC1(C)C. The first-order valence-corrected chi connectivity index (χ1v) is 6.61. The molecular formula is C13H28N2O2. The van der Waals surface area contributed by atoms with Crippen LogP contribution in [0.3, 0.4) is 0 Å². The van der Waals surface area contributed by atoms with Crippen LogP contribution in [0.5, 0.6) is 0 Å². The number of hydrogen-bond donors (Lipinski definition) is 1. The van der Waals surface area contributed by atoms with E-state index in [1.807, 2.05) is 0 Å². The number of hydrogen-bond acceptors (Lipinski definition) is 4. The van der Waals surface area contributed by atoms with Gasteiger partial charge in [-0.1, -0.05) is 0 Å². The van der Waals surface area contributed by atoms with Gasteiger partial charge in [0, 0.05) is 44.9 Å². The highest BCUT2D eigenvalue weighted by Gasteiger charge is 2.31. The maximum Gasteiger partial charge on any atom is 0.0700 e. The zero-order chi connectivity index (χ0) is 12.7. The maximum absolute atomic E-state index is 5.49. The lowest BCUT2D eigenvalue weighted by Gasteiger charge is -2.45. The number of nitrogens with one attached hydrogen (secondary N) is 1. The summed E-state index contributed by atoms with van der Waals surface area (Å²) in [5.41, 5.74) is 0.263. The van der Waals surface area contributed by atoms with Crippen molar-refractivity contribution in [3.63, 3.8) is 0 Å². The van der Waals surface area contributed by atoms with Gasteiger partial charge in [-0.3, -0.25) is 4.90 Å². The van der Waals surface area contributed by atoms with Gasteiger partial charge in [0.05, 0.1) is 13.2 Å². The largest absolute Gasteiger partial charge is 0.382 e. The maximum atomic E-state index is 5.49. The van der Waals surface area contributed by atoms with Crippen molar-refractivity contribution in [2.75, 3.05) is 46.6 Å². The molecule has 4 nitrogen and oxygen atoms in total. The van der Waals surface area contributed by atoms with Crippen molar-refractivity contribution >= 4 is 0 Å². The highest BCUT2D eigenvalue weighted by Crippen LogP contribution is 2.18. The number of piperazine rings is 1. The van der Waals surface area contributed by atoms with Gasteiger partial charge in [0.15, 0.2) is 0 Å². The fourth-order valence-electron chi connectivity index (χ4n) is 2.17. The molecule has 102 valence electrons. The lowest BCUT2D eigenvalue weighted by Crippen LogP contribution is -2.61. The summed E-state index contributed by atoms with van der Waals surface area (Å²) in [6, 6.07) is 0.595. The second-order valence-electron chi connectivity index (χ2n) is 5.50. The topological polar surface area (TPSA) is 33.7 Å². The number of methoxy groups -OCH3 is 1. The Morgan fingerprint density at radius 3 is 2.76 bits per heavy atom. The minimum absolute atomic E-state index is 0.263. The summed E-state index contributed by atoms with van der Waals surface area (Å²) in [7, 11) is 1.70. The zero-order valence-corrected chi connectivity index (χ0v) is 11.8. The van der Waals surface area contributed by atoms with Crippen molar-refractivity contribution in [2.24, 2.45) is 0 Å². The quantitative estimate of drug-likeness (QED) is 0.680. The van der Waals surface area contributed by atoms with Crippen molar-refractivity contribution in [1.82, 2.24) is 10.2 Å². The van der Waals surface area contributed by atoms with Crippen LogP contribution in [-0.4, -0.2) is 63.0 Å². The van der Waals surface area contributed by atoms with Crippen LogP contribution in [0.2, 0.25) is 0 Å². The summed E-state index contributed by atoms with van der Waals surface area (Å²) in [6.07, 6.45) is 1.10. The van der Waals surface area contributed by atoms with E-state index >= 15 is 0 Å². The van der Waals surface area contributed by atoms with E-state index in [0.717, 1.165) is 32.7 Å². The van der Waals surface area contributed by atoms with Gasteiger partial charge in [-0.15, -0.1) is 0 Å². The average Bonchev–Trinajstić information content (AvgIpc) is 2.28. The van der Waals surface area contributed by atoms with Gasteiger partial charge < -0.3 is 14.8 Å². The Balaban J connectivity index is 2.15. The predicted octanol–water partition coefficient (Wildman–Crippen LogP) is 1.11. The van der Waals surface area contributed by atoms with Crippen molar-refractivity contribution < 1.29 is 9.47 Å². The molecule has 1 aliphatic rings. The third-order valence-electron chi connectivity index (χ3n) is 3.38. The summed E-state index contributed by atoms with van der Waals surface area (Å²) in [5.74, 6) is 0. The van der Waals surface area contributed by atoms with E-state index in [-0.39, 0.29) is 5.54 Å². The Kier molecular flexibility index (Phi) is 6.41. The molecule has 0 bridgehead atoms. The minimum Gasteiger partial charge on any atom is -0.382 e. The summed E-state index contributed by atoms with van der Waals surface area (Å²) in [5, 5.41) is 3.53. The summed E-state index contributed by atoms with van der Waals surface area (Å²) < 4.78 is 10.4. The Hall–Kier alpha value is -0.160. The standard InChI is InChI=1S/C13H28N2O2/c1-12-10-15(13(2,3)11-14-12)6-5-7-17-9-8-16-4/h12,14H,5-11H2,1-4H3. The molecule has 1 atom stereocenters. The molecular weight excluding hydrogens is 216 g/mol. The van der Waals surface area contributed by atoms with Crippen LogP contribution in [0.1, 0.15) is 27.2 Å². The molecule has 1 saturated heterocycles. The van der Waals surface area contributed by atoms with Crippen molar-refractivity contribution in [2.45, 2.75) is 38.8 Å². The summed E-state index contributed by atoms with van der Waals surface area (Å²) in [6.45, 7) is 12.4. The smallest absolute Gasteiger partial charge is 0.0700 e. The molecule has 1 rings (SSSR count). The van der Waals surface area contributed by atoms with Gasteiger partial charge in [-0.05, 0) is 27.2 Å². The average molecular weight is 244 g/mol. The Morgan fingerprint density at radius 1 is 1.29 bits per heavy atom. The first kappa shape index (κ1) is 14.9. The molecule has 1 fully saturated rings. The second kappa shape index (κ2) is 7.31. The van der Waals surface area contributed by atoms with Crippen molar-refractivity contribution in [3.8, 4) is 0 Å². The van der Waals surface area contributed by atoms with Crippen LogP contribution in [0.25, 0.3) is 0 Å². The number of ether oxygens (including phenoxy) is 2. The molecule has 0 aliphatic carbocycles. The summed E-state index contributed by atoms with van der Waals surface area (Å²) in [4.78, 5) is 2.56. The van der Waals surface area contributed by atoms with Gasteiger partial charge in [-0.2, -0.15) is 0 Å². The normalized spacial score (nSPS) is 25.1. The molecule has 1 unspecified atom stereocenters. The monoisotopic (exact) mass is 244 g/mol. The third-order valence-corrected chi connectivity index (χ3v) is 3.38. The molecule has 1 heterocycles. The molecule has 0 radical (unpaired) electrons. The third kappa shape index (κ3) is 5.34. The molecule has 0 amide bonds. The van der Waals surface area contributed by atoms with E-state index in [1.54, 1.807) is 7.11 Å². The van der Waals surface area contributed by atoms with E-state index in [9.17, 15) is 0 Å². The van der Waals surface area contributed by atoms with E-state index in [4.69, 9.17) is 9.47 Å². The lowest BCUT2D eigenvalue weighted by molar-refractivity contribution is 0.0409. The van der Waals surface area contributed by atoms with Gasteiger partial charge in [0.2, 0.25) is 0 Å². The first-order chi connectivity index (χ1) is 8.06. The molecule has 0 aromatic carbocycles. The van der Waals surface area contributed by atoms with Crippen LogP contribution in [-0.2, 0) is 9.47 Å². The molecule has 1 aliphatic heterocycles. The molecule has 0 aromatic rings. The zero-order valence-electron chi connectivity index (χ0n) is 11.8. The predicted molar refractivity (Wildman–Crippen MR) is 70.4 cm³/mol. The van der Waals surface area contributed by atoms with E-state index in [2.05, 4.69) is 31.0 Å². The van der Waals surface area contributed by atoms with Crippen LogP contribution >= 0.6 is 0 Å². The van der Waals surface area contributed by atoms with Gasteiger partial charge in [-0.25, -0.2) is 0 Å². The molecule has 0 aromatic heterocycles. The highest BCUT2D eigenvalue weighted by atomic mass is 16.5. The second-order valence-corrected chi connectivity index (χ2v) is 5.50. The molecule has 0 saturated carbocycles. The minimum atomic E-state index is 0.263. The van der Waals surface area contributed by atoms with E-state index in [0.29, 0.717) is 19.3 Å². The first-order valence-electron chi connectivity index (χ1n) is 6.61. The number of nitrogens with zero attached hydrogens (tertiary/aromatic N) is 1. The Bertz CT molecular complexity index is 210. The Morgan fingerprint density at radius 2 is 2.06 bits per heavy atom. The van der Waals surface area contributed by atoms with Crippen LogP contribution in [0.15, 0.2) is 0 Å². The molecule has 0 spiro atoms. The van der Waals surface area contributed by atoms with Crippen LogP contribution < -0.4 is 5.32 Å². The lowest BCUT2D eigenvalue weighted by atomic mass is 9.97. The molecule has 17 heavy (non-hydrogen) atoms. The van der Waals surface area contributed by atoms with Crippen molar-refractivity contribution in [1.29, 1.82) is 0 Å². The molecule has 4 heteroatoms.